The highest BCUT2D eigenvalue weighted by molar-refractivity contribution is 7.91. The van der Waals surface area contributed by atoms with E-state index in [2.05, 4.69) is 6.92 Å². The Morgan fingerprint density at radius 1 is 0.872 bits per heavy atom. The summed E-state index contributed by atoms with van der Waals surface area (Å²) in [4.78, 5) is 0. The molecule has 218 valence electrons. The zero-order valence-corrected chi connectivity index (χ0v) is 22.9. The first kappa shape index (κ1) is 31.3. The van der Waals surface area contributed by atoms with Crippen molar-refractivity contribution >= 4 is 11.2 Å². The number of benzene rings is 2. The first-order chi connectivity index (χ1) is 18.3. The van der Waals surface area contributed by atoms with Crippen molar-refractivity contribution in [1.82, 2.24) is 0 Å². The molecule has 3 atom stereocenters. The van der Waals surface area contributed by atoms with Crippen molar-refractivity contribution in [2.75, 3.05) is 18.1 Å². The van der Waals surface area contributed by atoms with Gasteiger partial charge in [0.25, 0.3) is 0 Å². The van der Waals surface area contributed by atoms with Gasteiger partial charge in [-0.25, -0.2) is 0 Å². The fourth-order valence-corrected chi connectivity index (χ4v) is 6.42. The molecule has 0 aromatic heterocycles. The van der Waals surface area contributed by atoms with Crippen LogP contribution in [-0.4, -0.2) is 45.0 Å². The molecule has 0 radical (unpaired) electrons. The lowest BCUT2D eigenvalue weighted by Crippen LogP contribution is -2.40. The second-order valence-corrected chi connectivity index (χ2v) is 12.3. The lowest BCUT2D eigenvalue weighted by molar-refractivity contribution is -0.284. The van der Waals surface area contributed by atoms with Crippen LogP contribution >= 0.6 is 0 Å². The number of hydrogen-bond donors (Lipinski definition) is 2. The molecule has 0 spiro atoms. The highest BCUT2D eigenvalue weighted by Crippen LogP contribution is 2.49. The van der Waals surface area contributed by atoms with Crippen LogP contribution in [0.5, 0.6) is 17.2 Å². The van der Waals surface area contributed by atoms with Crippen molar-refractivity contribution in [3.8, 4) is 17.2 Å². The van der Waals surface area contributed by atoms with E-state index in [-0.39, 0.29) is 28.6 Å². The number of hydrogen-bond acceptors (Lipinski definition) is 4. The number of phenolic OH excluding ortho intramolecular Hbond substituents is 2. The summed E-state index contributed by atoms with van der Waals surface area (Å²) in [7, 11) is 0. The maximum Gasteiger partial charge on any atom is 0.453 e. The molecular weight excluding hydrogens is 539 g/mol. The second kappa shape index (κ2) is 13.4. The normalized spacial score (nSPS) is 20.3. The summed E-state index contributed by atoms with van der Waals surface area (Å²) < 4.78 is 80.5. The summed E-state index contributed by atoms with van der Waals surface area (Å²) in [5, 5.41) is 19.6. The van der Waals surface area contributed by atoms with Crippen molar-refractivity contribution in [3.05, 3.63) is 53.6 Å². The predicted octanol–water partition coefficient (Wildman–Crippen LogP) is 7.99. The van der Waals surface area contributed by atoms with Crippen LogP contribution in [0.25, 0.3) is 0 Å². The number of ether oxygens (including phenoxy) is 1. The summed E-state index contributed by atoms with van der Waals surface area (Å²) in [5.74, 6) is -3.37. The number of halogens is 5. The van der Waals surface area contributed by atoms with Crippen LogP contribution < -0.4 is 4.74 Å². The summed E-state index contributed by atoms with van der Waals surface area (Å²) in [6.07, 6.45) is -1.05. The van der Waals surface area contributed by atoms with Crippen molar-refractivity contribution in [2.45, 2.75) is 88.1 Å². The third-order valence-electron chi connectivity index (χ3n) is 7.59. The molecule has 4 nitrogen and oxygen atoms in total. The van der Waals surface area contributed by atoms with Gasteiger partial charge in [-0.15, -0.1) is 0 Å². The molecule has 2 N–H and O–H groups in total. The molecule has 2 aromatic rings. The average molecular weight is 577 g/mol. The maximum absolute atomic E-state index is 12.9. The van der Waals surface area contributed by atoms with Gasteiger partial charge in [0.2, 0.25) is 0 Å². The number of fused-ring (bicyclic) bond motifs is 1. The smallest absolute Gasteiger partial charge is 0.453 e. The minimum atomic E-state index is -5.56. The number of phenols is 2. The van der Waals surface area contributed by atoms with Crippen molar-refractivity contribution in [3.63, 3.8) is 0 Å². The van der Waals surface area contributed by atoms with Crippen molar-refractivity contribution in [2.24, 2.45) is 0 Å². The standard InChI is InChI=1S/C29H37F5O4S/c1-27(21-10-12-22(35)13-11-21)20-38-26-19-23(36)14-15-24(26)25(27)9-6-4-2-3-5-7-17-39(37)18-8-16-28(30,31)29(32,33)34/h10-15,19,25,35-36H,2-9,16-18,20H2,1H3. The SMILES string of the molecule is CC1(c2ccc(O)cc2)COc2cc(O)ccc2C1CCCCCCCC[S+]([O-])CCCC(F)(F)C(F)(F)F. The Kier molecular flexibility index (Phi) is 10.8. The number of alkyl halides is 5. The minimum Gasteiger partial charge on any atom is -0.616 e. The van der Waals surface area contributed by atoms with Crippen LogP contribution in [0, 0.1) is 0 Å². The van der Waals surface area contributed by atoms with E-state index in [9.17, 15) is 36.7 Å². The van der Waals surface area contributed by atoms with E-state index in [4.69, 9.17) is 4.74 Å². The molecule has 0 fully saturated rings. The molecule has 1 aliphatic rings. The summed E-state index contributed by atoms with van der Waals surface area (Å²) >= 11 is -1.39. The van der Waals surface area contributed by atoms with Gasteiger partial charge < -0.3 is 19.5 Å². The van der Waals surface area contributed by atoms with Crippen LogP contribution in [0.3, 0.4) is 0 Å². The predicted molar refractivity (Wildman–Crippen MR) is 142 cm³/mol. The van der Waals surface area contributed by atoms with Crippen LogP contribution in [0.1, 0.15) is 81.8 Å². The Balaban J connectivity index is 1.41. The fourth-order valence-electron chi connectivity index (χ4n) is 5.23. The van der Waals surface area contributed by atoms with Gasteiger partial charge in [0.15, 0.2) is 0 Å². The third-order valence-corrected chi connectivity index (χ3v) is 9.08. The van der Waals surface area contributed by atoms with Gasteiger partial charge in [0.1, 0.15) is 28.8 Å². The first-order valence-electron chi connectivity index (χ1n) is 13.4. The highest BCUT2D eigenvalue weighted by atomic mass is 32.2. The van der Waals surface area contributed by atoms with Gasteiger partial charge in [-0.05, 0) is 55.0 Å². The molecule has 2 aromatic carbocycles. The van der Waals surface area contributed by atoms with Gasteiger partial charge in [0, 0.05) is 23.8 Å². The molecular formula is C29H37F5O4S. The third kappa shape index (κ3) is 8.39. The van der Waals surface area contributed by atoms with E-state index < -0.39 is 36.1 Å². The molecule has 0 saturated heterocycles. The largest absolute Gasteiger partial charge is 0.616 e. The van der Waals surface area contributed by atoms with Crippen molar-refractivity contribution in [1.29, 1.82) is 0 Å². The van der Waals surface area contributed by atoms with Crippen molar-refractivity contribution < 1.29 is 41.5 Å². The molecule has 1 aliphatic heterocycles. The molecule has 10 heteroatoms. The van der Waals surface area contributed by atoms with E-state index in [1.54, 1.807) is 24.3 Å². The number of aromatic hydroxyl groups is 2. The molecule has 1 heterocycles. The summed E-state index contributed by atoms with van der Waals surface area (Å²) in [6, 6.07) is 12.4. The lowest BCUT2D eigenvalue weighted by atomic mass is 9.66. The molecule has 0 bridgehead atoms. The zero-order chi connectivity index (χ0) is 28.7. The van der Waals surface area contributed by atoms with Crippen LogP contribution in [0.2, 0.25) is 0 Å². The van der Waals surface area contributed by atoms with Gasteiger partial charge in [-0.3, -0.25) is 0 Å². The quantitative estimate of drug-likeness (QED) is 0.136. The number of rotatable bonds is 14. The Bertz CT molecular complexity index is 1050. The molecule has 3 rings (SSSR count). The Morgan fingerprint density at radius 2 is 1.46 bits per heavy atom. The van der Waals surface area contributed by atoms with E-state index >= 15 is 0 Å². The van der Waals surface area contributed by atoms with Gasteiger partial charge in [-0.1, -0.05) is 62.0 Å². The fraction of sp³-hybridized carbons (Fsp3) is 0.586. The average Bonchev–Trinajstić information content (AvgIpc) is 2.86. The van der Waals surface area contributed by atoms with Gasteiger partial charge >= 0.3 is 12.1 Å². The molecule has 0 amide bonds. The minimum absolute atomic E-state index is 0.143. The van der Waals surface area contributed by atoms with E-state index in [0.29, 0.717) is 24.5 Å². The van der Waals surface area contributed by atoms with Crippen LogP contribution in [-0.2, 0) is 16.6 Å². The van der Waals surface area contributed by atoms with E-state index in [1.807, 2.05) is 18.2 Å². The van der Waals surface area contributed by atoms with Gasteiger partial charge in [0.05, 0.1) is 6.61 Å². The molecule has 0 saturated carbocycles. The maximum atomic E-state index is 12.9. The second-order valence-electron chi connectivity index (χ2n) is 10.6. The Morgan fingerprint density at radius 3 is 2.13 bits per heavy atom. The topological polar surface area (TPSA) is 72.8 Å². The van der Waals surface area contributed by atoms with E-state index in [1.165, 1.54) is 0 Å². The molecule has 39 heavy (non-hydrogen) atoms. The summed E-state index contributed by atoms with van der Waals surface area (Å²) in [6.45, 7) is 2.61. The van der Waals surface area contributed by atoms with Crippen LogP contribution in [0.4, 0.5) is 22.0 Å². The van der Waals surface area contributed by atoms with Gasteiger partial charge in [-0.2, -0.15) is 22.0 Å². The monoisotopic (exact) mass is 576 g/mol. The van der Waals surface area contributed by atoms with E-state index in [0.717, 1.165) is 49.7 Å². The zero-order valence-electron chi connectivity index (χ0n) is 22.1. The summed E-state index contributed by atoms with van der Waals surface area (Å²) in [5.41, 5.74) is 1.80. The first-order valence-corrected chi connectivity index (χ1v) is 14.9. The Labute approximate surface area is 229 Å². The molecule has 0 aliphatic carbocycles. The number of unbranched alkanes of at least 4 members (excludes halogenated alkanes) is 5. The Hall–Kier alpha value is -2.20. The lowest BCUT2D eigenvalue weighted by Gasteiger charge is -2.43. The highest BCUT2D eigenvalue weighted by Gasteiger charge is 2.56. The molecule has 3 unspecified atom stereocenters. The van der Waals surface area contributed by atoms with Crippen LogP contribution in [0.15, 0.2) is 42.5 Å².